The van der Waals surface area contributed by atoms with Crippen LogP contribution in [0.3, 0.4) is 0 Å². The summed E-state index contributed by atoms with van der Waals surface area (Å²) in [6.07, 6.45) is 2.77. The molecule has 2 rings (SSSR count). The van der Waals surface area contributed by atoms with Crippen LogP contribution in [0.4, 0.5) is 5.69 Å². The maximum atomic E-state index is 10.7. The predicted octanol–water partition coefficient (Wildman–Crippen LogP) is 2.83. The van der Waals surface area contributed by atoms with Crippen molar-refractivity contribution in [3.8, 4) is 11.6 Å². The molecule has 2 aromatic rings. The van der Waals surface area contributed by atoms with Crippen molar-refractivity contribution in [1.82, 2.24) is 9.97 Å². The molecule has 0 spiro atoms. The summed E-state index contributed by atoms with van der Waals surface area (Å²) in [4.78, 5) is 17.7. The summed E-state index contributed by atoms with van der Waals surface area (Å²) in [5, 5.41) is 11.0. The normalized spacial score (nSPS) is 9.94. The van der Waals surface area contributed by atoms with Crippen LogP contribution in [0.15, 0.2) is 36.7 Å². The Hall–Kier alpha value is -2.21. The number of pyridine rings is 2. The molecular formula is C10H6ClN3O3. The maximum absolute atomic E-state index is 10.7. The molecule has 0 unspecified atom stereocenters. The maximum Gasteiger partial charge on any atom is 0.331 e. The average Bonchev–Trinajstić information content (AvgIpc) is 2.32. The van der Waals surface area contributed by atoms with Gasteiger partial charge in [-0.1, -0.05) is 11.6 Å². The third kappa shape index (κ3) is 2.67. The SMILES string of the molecule is O=[N+]([O-])c1cccnc1Oc1ccc(Cl)nc1. The summed E-state index contributed by atoms with van der Waals surface area (Å²) in [6.45, 7) is 0. The number of nitro groups is 1. The van der Waals surface area contributed by atoms with E-state index in [0.29, 0.717) is 10.9 Å². The van der Waals surface area contributed by atoms with Crippen LogP contribution in [0.2, 0.25) is 5.15 Å². The van der Waals surface area contributed by atoms with Crippen molar-refractivity contribution < 1.29 is 9.66 Å². The standard InChI is InChI=1S/C10H6ClN3O3/c11-9-4-3-7(6-13-9)17-10-8(14(15)16)2-1-5-12-10/h1-6H. The van der Waals surface area contributed by atoms with E-state index < -0.39 is 4.92 Å². The van der Waals surface area contributed by atoms with Crippen LogP contribution >= 0.6 is 11.6 Å². The van der Waals surface area contributed by atoms with Crippen LogP contribution in [0, 0.1) is 10.1 Å². The highest BCUT2D eigenvalue weighted by atomic mass is 35.5. The van der Waals surface area contributed by atoms with Gasteiger partial charge in [0.15, 0.2) is 0 Å². The number of nitrogens with zero attached hydrogens (tertiary/aromatic N) is 3. The quantitative estimate of drug-likeness (QED) is 0.476. The molecule has 0 aliphatic carbocycles. The van der Waals surface area contributed by atoms with E-state index in [1.54, 1.807) is 6.07 Å². The summed E-state index contributed by atoms with van der Waals surface area (Å²) in [7, 11) is 0. The molecule has 2 aromatic heterocycles. The van der Waals surface area contributed by atoms with Gasteiger partial charge in [-0.05, 0) is 18.2 Å². The van der Waals surface area contributed by atoms with Crippen LogP contribution in [0.1, 0.15) is 0 Å². The molecule has 86 valence electrons. The summed E-state index contributed by atoms with van der Waals surface area (Å²) in [5.74, 6) is 0.248. The van der Waals surface area contributed by atoms with Crippen molar-refractivity contribution in [2.24, 2.45) is 0 Å². The predicted molar refractivity (Wildman–Crippen MR) is 60.2 cm³/mol. The molecule has 0 amide bonds. The van der Waals surface area contributed by atoms with Crippen molar-refractivity contribution in [2.75, 3.05) is 0 Å². The molecule has 17 heavy (non-hydrogen) atoms. The first-order valence-corrected chi connectivity index (χ1v) is 4.93. The van der Waals surface area contributed by atoms with Crippen molar-refractivity contribution in [1.29, 1.82) is 0 Å². The molecule has 0 fully saturated rings. The topological polar surface area (TPSA) is 78.2 Å². The smallest absolute Gasteiger partial charge is 0.331 e. The Labute approximate surface area is 101 Å². The fourth-order valence-electron chi connectivity index (χ4n) is 1.13. The second-order valence-corrected chi connectivity index (χ2v) is 3.39. The number of ether oxygens (including phenoxy) is 1. The fourth-order valence-corrected chi connectivity index (χ4v) is 1.25. The third-order valence-electron chi connectivity index (χ3n) is 1.86. The highest BCUT2D eigenvalue weighted by Crippen LogP contribution is 2.28. The van der Waals surface area contributed by atoms with E-state index in [0.717, 1.165) is 0 Å². The summed E-state index contributed by atoms with van der Waals surface area (Å²) in [6, 6.07) is 5.84. The van der Waals surface area contributed by atoms with Crippen molar-refractivity contribution in [2.45, 2.75) is 0 Å². The van der Waals surface area contributed by atoms with Gasteiger partial charge in [0.05, 0.1) is 11.1 Å². The lowest BCUT2D eigenvalue weighted by Crippen LogP contribution is -1.95. The van der Waals surface area contributed by atoms with Crippen LogP contribution in [-0.2, 0) is 0 Å². The second kappa shape index (κ2) is 4.75. The lowest BCUT2D eigenvalue weighted by molar-refractivity contribution is -0.386. The molecule has 7 heteroatoms. The Morgan fingerprint density at radius 1 is 1.29 bits per heavy atom. The van der Waals surface area contributed by atoms with Gasteiger partial charge in [-0.2, -0.15) is 0 Å². The van der Waals surface area contributed by atoms with Gasteiger partial charge in [0.1, 0.15) is 10.9 Å². The van der Waals surface area contributed by atoms with E-state index in [-0.39, 0.29) is 11.6 Å². The largest absolute Gasteiger partial charge is 0.432 e. The molecule has 0 aromatic carbocycles. The molecule has 0 aliphatic heterocycles. The molecule has 0 saturated heterocycles. The van der Waals surface area contributed by atoms with E-state index in [9.17, 15) is 10.1 Å². The summed E-state index contributed by atoms with van der Waals surface area (Å²) >= 11 is 5.61. The zero-order valence-electron chi connectivity index (χ0n) is 8.41. The van der Waals surface area contributed by atoms with Gasteiger partial charge in [-0.15, -0.1) is 0 Å². The Morgan fingerprint density at radius 3 is 2.76 bits per heavy atom. The van der Waals surface area contributed by atoms with Crippen LogP contribution < -0.4 is 4.74 Å². The molecule has 2 heterocycles. The van der Waals surface area contributed by atoms with E-state index >= 15 is 0 Å². The molecule has 0 radical (unpaired) electrons. The van der Waals surface area contributed by atoms with E-state index in [4.69, 9.17) is 16.3 Å². The minimum absolute atomic E-state index is 0.0818. The van der Waals surface area contributed by atoms with Crippen LogP contribution in [0.25, 0.3) is 0 Å². The van der Waals surface area contributed by atoms with Gasteiger partial charge in [-0.25, -0.2) is 9.97 Å². The number of halogens is 1. The Bertz CT molecular complexity index is 545. The highest BCUT2D eigenvalue weighted by molar-refractivity contribution is 6.29. The first kappa shape index (κ1) is 11.3. The van der Waals surface area contributed by atoms with Crippen molar-refractivity contribution >= 4 is 17.3 Å². The average molecular weight is 252 g/mol. The Kier molecular flexibility index (Phi) is 3.15. The second-order valence-electron chi connectivity index (χ2n) is 3.00. The molecule has 6 nitrogen and oxygen atoms in total. The Morgan fingerprint density at radius 2 is 2.12 bits per heavy atom. The molecule has 0 N–H and O–H groups in total. The molecular weight excluding hydrogens is 246 g/mol. The number of hydrogen-bond donors (Lipinski definition) is 0. The van der Waals surface area contributed by atoms with Crippen LogP contribution in [-0.4, -0.2) is 14.9 Å². The molecule has 0 atom stereocenters. The van der Waals surface area contributed by atoms with E-state index in [1.807, 2.05) is 0 Å². The molecule has 0 bridgehead atoms. The number of aromatic nitrogens is 2. The first-order chi connectivity index (χ1) is 8.16. The van der Waals surface area contributed by atoms with Gasteiger partial charge in [-0.3, -0.25) is 10.1 Å². The van der Waals surface area contributed by atoms with Gasteiger partial charge in [0.2, 0.25) is 0 Å². The van der Waals surface area contributed by atoms with Gasteiger partial charge < -0.3 is 4.74 Å². The zero-order chi connectivity index (χ0) is 12.3. The minimum Gasteiger partial charge on any atom is -0.432 e. The summed E-state index contributed by atoms with van der Waals surface area (Å²) < 4.78 is 5.25. The van der Waals surface area contributed by atoms with Crippen molar-refractivity contribution in [3.05, 3.63) is 51.9 Å². The fraction of sp³-hybridized carbons (Fsp3) is 0. The highest BCUT2D eigenvalue weighted by Gasteiger charge is 2.16. The van der Waals surface area contributed by atoms with Crippen LogP contribution in [0.5, 0.6) is 11.6 Å². The zero-order valence-corrected chi connectivity index (χ0v) is 9.16. The third-order valence-corrected chi connectivity index (χ3v) is 2.09. The van der Waals surface area contributed by atoms with Gasteiger partial charge in [0, 0.05) is 12.3 Å². The first-order valence-electron chi connectivity index (χ1n) is 4.55. The Balaban J connectivity index is 2.30. The lowest BCUT2D eigenvalue weighted by atomic mass is 10.4. The summed E-state index contributed by atoms with van der Waals surface area (Å²) in [5.41, 5.74) is -0.206. The molecule has 0 saturated carbocycles. The van der Waals surface area contributed by atoms with E-state index in [1.165, 1.54) is 30.6 Å². The van der Waals surface area contributed by atoms with Gasteiger partial charge in [0.25, 0.3) is 5.88 Å². The number of rotatable bonds is 3. The van der Waals surface area contributed by atoms with Crippen molar-refractivity contribution in [3.63, 3.8) is 0 Å². The molecule has 0 aliphatic rings. The monoisotopic (exact) mass is 251 g/mol. The van der Waals surface area contributed by atoms with Gasteiger partial charge >= 0.3 is 5.69 Å². The lowest BCUT2D eigenvalue weighted by Gasteiger charge is -2.03. The minimum atomic E-state index is -0.564. The van der Waals surface area contributed by atoms with E-state index in [2.05, 4.69) is 9.97 Å². The number of hydrogen-bond acceptors (Lipinski definition) is 5.